The first-order chi connectivity index (χ1) is 7.17. The fourth-order valence-corrected chi connectivity index (χ4v) is 2.16. The average molecular weight is 248 g/mol. The highest BCUT2D eigenvalue weighted by Crippen LogP contribution is 2.20. The van der Waals surface area contributed by atoms with Gasteiger partial charge in [0.1, 0.15) is 5.75 Å². The molecule has 0 radical (unpaired) electrons. The molecule has 1 amide bonds. The first-order valence-corrected chi connectivity index (χ1v) is 6.08. The molecule has 0 aliphatic rings. The second-order valence-electron chi connectivity index (χ2n) is 3.20. The van der Waals surface area contributed by atoms with Crippen molar-refractivity contribution in [2.45, 2.75) is 19.4 Å². The highest BCUT2D eigenvalue weighted by Gasteiger charge is 2.11. The number of nitrogens with one attached hydrogen (secondary N) is 1. The van der Waals surface area contributed by atoms with Crippen LogP contribution in [0.25, 0.3) is 0 Å². The molecule has 0 aromatic carbocycles. The van der Waals surface area contributed by atoms with Crippen molar-refractivity contribution in [3.63, 3.8) is 0 Å². The van der Waals surface area contributed by atoms with E-state index in [0.29, 0.717) is 10.8 Å². The van der Waals surface area contributed by atoms with Gasteiger partial charge in [0.25, 0.3) is 5.91 Å². The van der Waals surface area contributed by atoms with Crippen LogP contribution in [0.2, 0.25) is 0 Å². The molecule has 1 unspecified atom stereocenters. The van der Waals surface area contributed by atoms with Gasteiger partial charge in [0.15, 0.2) is 0 Å². The molecule has 1 heterocycles. The number of ether oxygens (including phenoxy) is 1. The van der Waals surface area contributed by atoms with Crippen molar-refractivity contribution in [1.29, 1.82) is 0 Å². The van der Waals surface area contributed by atoms with Crippen molar-refractivity contribution in [2.24, 2.45) is 0 Å². The SMILES string of the molecule is COc1csc(C(=O)NC(C)CCCl)c1. The third kappa shape index (κ3) is 3.72. The van der Waals surface area contributed by atoms with Crippen LogP contribution in [-0.2, 0) is 0 Å². The number of methoxy groups -OCH3 is 1. The topological polar surface area (TPSA) is 38.3 Å². The van der Waals surface area contributed by atoms with Gasteiger partial charge in [0.2, 0.25) is 0 Å². The zero-order valence-electron chi connectivity index (χ0n) is 8.75. The lowest BCUT2D eigenvalue weighted by molar-refractivity contribution is 0.0943. The molecule has 84 valence electrons. The summed E-state index contributed by atoms with van der Waals surface area (Å²) < 4.78 is 5.01. The molecule has 1 rings (SSSR count). The summed E-state index contributed by atoms with van der Waals surface area (Å²) in [5, 5.41) is 4.67. The van der Waals surface area contributed by atoms with Crippen molar-refractivity contribution in [1.82, 2.24) is 5.32 Å². The summed E-state index contributed by atoms with van der Waals surface area (Å²) in [6.07, 6.45) is 0.774. The number of hydrogen-bond acceptors (Lipinski definition) is 3. The molecule has 0 fully saturated rings. The van der Waals surface area contributed by atoms with E-state index in [0.717, 1.165) is 12.2 Å². The summed E-state index contributed by atoms with van der Waals surface area (Å²) in [5.74, 6) is 1.20. The van der Waals surface area contributed by atoms with E-state index in [1.807, 2.05) is 6.92 Å². The van der Waals surface area contributed by atoms with Crippen LogP contribution in [0.3, 0.4) is 0 Å². The van der Waals surface area contributed by atoms with E-state index in [-0.39, 0.29) is 11.9 Å². The van der Waals surface area contributed by atoms with Crippen molar-refractivity contribution in [3.05, 3.63) is 16.3 Å². The van der Waals surface area contributed by atoms with Crippen molar-refractivity contribution in [3.8, 4) is 5.75 Å². The molecule has 1 aromatic rings. The van der Waals surface area contributed by atoms with Crippen LogP contribution < -0.4 is 10.1 Å². The smallest absolute Gasteiger partial charge is 0.261 e. The Bertz CT molecular complexity index is 327. The van der Waals surface area contributed by atoms with Crippen LogP contribution >= 0.6 is 22.9 Å². The molecule has 0 aliphatic carbocycles. The van der Waals surface area contributed by atoms with Gasteiger partial charge in [-0.1, -0.05) is 0 Å². The third-order valence-corrected chi connectivity index (χ3v) is 3.08. The van der Waals surface area contributed by atoms with Crippen LogP contribution in [0.4, 0.5) is 0 Å². The number of carbonyl (C=O) groups is 1. The van der Waals surface area contributed by atoms with Gasteiger partial charge in [0, 0.05) is 23.4 Å². The highest BCUT2D eigenvalue weighted by molar-refractivity contribution is 7.12. The maximum atomic E-state index is 11.7. The molecule has 1 N–H and O–H groups in total. The minimum absolute atomic E-state index is 0.0686. The largest absolute Gasteiger partial charge is 0.496 e. The van der Waals surface area contributed by atoms with Crippen molar-refractivity contribution in [2.75, 3.05) is 13.0 Å². The summed E-state index contributed by atoms with van der Waals surface area (Å²) in [6, 6.07) is 1.83. The zero-order chi connectivity index (χ0) is 11.3. The zero-order valence-corrected chi connectivity index (χ0v) is 10.3. The van der Waals surface area contributed by atoms with Crippen LogP contribution in [0, 0.1) is 0 Å². The van der Waals surface area contributed by atoms with Crippen molar-refractivity contribution < 1.29 is 9.53 Å². The van der Waals surface area contributed by atoms with E-state index in [1.54, 1.807) is 18.6 Å². The first kappa shape index (κ1) is 12.3. The molecular formula is C10H14ClNO2S. The fourth-order valence-electron chi connectivity index (χ4n) is 1.08. The van der Waals surface area contributed by atoms with Crippen LogP contribution in [0.5, 0.6) is 5.75 Å². The van der Waals surface area contributed by atoms with E-state index in [1.165, 1.54) is 11.3 Å². The van der Waals surface area contributed by atoms with Gasteiger partial charge >= 0.3 is 0 Å². The standard InChI is InChI=1S/C10H14ClNO2S/c1-7(3-4-11)12-10(13)9-5-8(14-2)6-15-9/h5-7H,3-4H2,1-2H3,(H,12,13). The van der Waals surface area contributed by atoms with Gasteiger partial charge in [-0.05, 0) is 13.3 Å². The molecule has 0 saturated heterocycles. The monoisotopic (exact) mass is 247 g/mol. The quantitative estimate of drug-likeness (QED) is 0.812. The number of hydrogen-bond donors (Lipinski definition) is 1. The second-order valence-corrected chi connectivity index (χ2v) is 4.49. The number of halogens is 1. The fraction of sp³-hybridized carbons (Fsp3) is 0.500. The molecule has 15 heavy (non-hydrogen) atoms. The average Bonchev–Trinajstić information content (AvgIpc) is 2.66. The van der Waals surface area contributed by atoms with Gasteiger partial charge in [-0.15, -0.1) is 22.9 Å². The minimum atomic E-state index is -0.0686. The summed E-state index contributed by atoms with van der Waals surface area (Å²) in [5.41, 5.74) is 0. The van der Waals surface area contributed by atoms with E-state index in [4.69, 9.17) is 16.3 Å². The number of carbonyl (C=O) groups excluding carboxylic acids is 1. The molecule has 0 spiro atoms. The van der Waals surface area contributed by atoms with Gasteiger partial charge < -0.3 is 10.1 Å². The lowest BCUT2D eigenvalue weighted by Gasteiger charge is -2.10. The van der Waals surface area contributed by atoms with Crippen LogP contribution in [0.1, 0.15) is 23.0 Å². The maximum Gasteiger partial charge on any atom is 0.261 e. The predicted octanol–water partition coefficient (Wildman–Crippen LogP) is 2.50. The van der Waals surface area contributed by atoms with Gasteiger partial charge in [-0.3, -0.25) is 4.79 Å². The second kappa shape index (κ2) is 5.98. The number of rotatable bonds is 5. The Morgan fingerprint density at radius 2 is 2.47 bits per heavy atom. The van der Waals surface area contributed by atoms with E-state index in [9.17, 15) is 4.79 Å². The number of alkyl halides is 1. The Morgan fingerprint density at radius 1 is 1.73 bits per heavy atom. The summed E-state index contributed by atoms with van der Waals surface area (Å²) in [6.45, 7) is 1.94. The molecule has 3 nitrogen and oxygen atoms in total. The molecule has 1 atom stereocenters. The highest BCUT2D eigenvalue weighted by atomic mass is 35.5. The third-order valence-electron chi connectivity index (χ3n) is 1.95. The maximum absolute atomic E-state index is 11.7. The minimum Gasteiger partial charge on any atom is -0.496 e. The Kier molecular flexibility index (Phi) is 4.91. The normalized spacial score (nSPS) is 12.2. The van der Waals surface area contributed by atoms with Gasteiger partial charge in [-0.2, -0.15) is 0 Å². The lowest BCUT2D eigenvalue weighted by atomic mass is 10.2. The first-order valence-electron chi connectivity index (χ1n) is 4.66. The molecular weight excluding hydrogens is 234 g/mol. The summed E-state index contributed by atoms with van der Waals surface area (Å²) in [4.78, 5) is 12.3. The van der Waals surface area contributed by atoms with E-state index >= 15 is 0 Å². The summed E-state index contributed by atoms with van der Waals surface area (Å²) >= 11 is 6.96. The van der Waals surface area contributed by atoms with Crippen LogP contribution in [-0.4, -0.2) is 24.9 Å². The molecule has 0 bridgehead atoms. The molecule has 1 aromatic heterocycles. The van der Waals surface area contributed by atoms with E-state index < -0.39 is 0 Å². The summed E-state index contributed by atoms with van der Waals surface area (Å²) in [7, 11) is 1.58. The Balaban J connectivity index is 2.53. The van der Waals surface area contributed by atoms with Crippen LogP contribution in [0.15, 0.2) is 11.4 Å². The molecule has 0 aliphatic heterocycles. The van der Waals surface area contributed by atoms with E-state index in [2.05, 4.69) is 5.32 Å². The molecule has 5 heteroatoms. The Morgan fingerprint density at radius 3 is 3.00 bits per heavy atom. The van der Waals surface area contributed by atoms with Crippen molar-refractivity contribution >= 4 is 28.8 Å². The number of amides is 1. The Hall–Kier alpha value is -0.740. The lowest BCUT2D eigenvalue weighted by Crippen LogP contribution is -2.32. The molecule has 0 saturated carbocycles. The predicted molar refractivity (Wildman–Crippen MR) is 63.1 cm³/mol. The number of thiophene rings is 1. The Labute approximate surface area is 98.4 Å². The van der Waals surface area contributed by atoms with Gasteiger partial charge in [0.05, 0.1) is 12.0 Å². The van der Waals surface area contributed by atoms with Gasteiger partial charge in [-0.25, -0.2) is 0 Å².